The predicted molar refractivity (Wildman–Crippen MR) is 66.0 cm³/mol. The molecular formula is C13H18N2O4. The Morgan fingerprint density at radius 2 is 0.947 bits per heavy atom. The van der Waals surface area contributed by atoms with Gasteiger partial charge in [-0.25, -0.2) is 0 Å². The Hall–Kier alpha value is -1.40. The summed E-state index contributed by atoms with van der Waals surface area (Å²) in [6, 6.07) is -0.857. The SMILES string of the molecule is NC1CC(=O)C(CC2C(=O)CC(N)CC2=O)C(=O)C1. The van der Waals surface area contributed by atoms with Crippen LogP contribution in [-0.2, 0) is 19.2 Å². The van der Waals surface area contributed by atoms with Crippen LogP contribution in [0.2, 0.25) is 0 Å². The molecule has 0 aromatic rings. The molecule has 4 N–H and O–H groups in total. The Kier molecular flexibility index (Phi) is 3.91. The van der Waals surface area contributed by atoms with Crippen molar-refractivity contribution in [2.24, 2.45) is 23.3 Å². The lowest BCUT2D eigenvalue weighted by Gasteiger charge is -2.29. The number of carbonyl (C=O) groups is 4. The summed E-state index contributed by atoms with van der Waals surface area (Å²) in [4.78, 5) is 47.3. The molecule has 0 aliphatic heterocycles. The van der Waals surface area contributed by atoms with Crippen LogP contribution in [0.4, 0.5) is 0 Å². The van der Waals surface area contributed by atoms with Gasteiger partial charge in [-0.1, -0.05) is 0 Å². The second-order valence-electron chi connectivity index (χ2n) is 5.54. The predicted octanol–water partition coefficient (Wildman–Crippen LogP) is -0.872. The van der Waals surface area contributed by atoms with Crippen molar-refractivity contribution in [2.75, 3.05) is 0 Å². The van der Waals surface area contributed by atoms with Crippen LogP contribution in [-0.4, -0.2) is 35.2 Å². The fourth-order valence-electron chi connectivity index (χ4n) is 2.87. The molecule has 0 aromatic carbocycles. The zero-order chi connectivity index (χ0) is 14.2. The molecule has 6 nitrogen and oxygen atoms in total. The molecule has 2 rings (SSSR count). The standard InChI is InChI=1S/C13H18N2O4/c14-6-1-10(16)8(11(17)2-6)5-9-12(18)3-7(15)4-13(9)19/h6-9H,1-5,14-15H2. The molecular weight excluding hydrogens is 248 g/mol. The quantitative estimate of drug-likeness (QED) is 0.627. The Morgan fingerprint density at radius 3 is 1.21 bits per heavy atom. The van der Waals surface area contributed by atoms with Gasteiger partial charge in [-0.3, -0.25) is 19.2 Å². The number of Topliss-reactive ketones (excluding diaryl/α,β-unsaturated/α-hetero) is 4. The molecule has 0 heterocycles. The van der Waals surface area contributed by atoms with Crippen LogP contribution in [0.25, 0.3) is 0 Å². The molecule has 0 aromatic heterocycles. The van der Waals surface area contributed by atoms with Crippen LogP contribution in [0.15, 0.2) is 0 Å². The Labute approximate surface area is 110 Å². The fourth-order valence-corrected chi connectivity index (χ4v) is 2.87. The zero-order valence-corrected chi connectivity index (χ0v) is 10.6. The molecule has 0 radical (unpaired) electrons. The monoisotopic (exact) mass is 266 g/mol. The molecule has 0 amide bonds. The molecule has 104 valence electrons. The normalized spacial score (nSPS) is 36.7. The smallest absolute Gasteiger partial charge is 0.144 e. The van der Waals surface area contributed by atoms with E-state index in [9.17, 15) is 19.2 Å². The van der Waals surface area contributed by atoms with Crippen molar-refractivity contribution in [3.05, 3.63) is 0 Å². The largest absolute Gasteiger partial charge is 0.327 e. The molecule has 19 heavy (non-hydrogen) atoms. The molecule has 0 saturated heterocycles. The summed E-state index contributed by atoms with van der Waals surface area (Å²) >= 11 is 0. The van der Waals surface area contributed by atoms with Gasteiger partial charge in [-0.15, -0.1) is 0 Å². The Balaban J connectivity index is 2.08. The van der Waals surface area contributed by atoms with Crippen molar-refractivity contribution in [3.63, 3.8) is 0 Å². The lowest BCUT2D eigenvalue weighted by molar-refractivity contribution is -0.140. The van der Waals surface area contributed by atoms with Gasteiger partial charge in [0.2, 0.25) is 0 Å². The van der Waals surface area contributed by atoms with E-state index in [0.29, 0.717) is 0 Å². The lowest BCUT2D eigenvalue weighted by Crippen LogP contribution is -2.45. The Bertz CT molecular complexity index is 370. The fraction of sp³-hybridized carbons (Fsp3) is 0.692. The van der Waals surface area contributed by atoms with E-state index in [2.05, 4.69) is 0 Å². The Morgan fingerprint density at radius 1 is 0.684 bits per heavy atom. The summed E-state index contributed by atoms with van der Waals surface area (Å²) < 4.78 is 0. The number of hydrogen-bond acceptors (Lipinski definition) is 6. The van der Waals surface area contributed by atoms with Crippen LogP contribution < -0.4 is 11.5 Å². The highest BCUT2D eigenvalue weighted by molar-refractivity contribution is 6.09. The van der Waals surface area contributed by atoms with Crippen molar-refractivity contribution < 1.29 is 19.2 Å². The average Bonchev–Trinajstić information content (AvgIpc) is 2.25. The van der Waals surface area contributed by atoms with Crippen molar-refractivity contribution in [1.29, 1.82) is 0 Å². The summed E-state index contributed by atoms with van der Waals surface area (Å²) in [6.45, 7) is 0. The van der Waals surface area contributed by atoms with Gasteiger partial charge in [-0.2, -0.15) is 0 Å². The maximum Gasteiger partial charge on any atom is 0.144 e. The number of hydrogen-bond donors (Lipinski definition) is 2. The first-order valence-corrected chi connectivity index (χ1v) is 6.50. The minimum Gasteiger partial charge on any atom is -0.327 e. The van der Waals surface area contributed by atoms with Crippen LogP contribution >= 0.6 is 0 Å². The highest BCUT2D eigenvalue weighted by atomic mass is 16.2. The number of rotatable bonds is 2. The first-order chi connectivity index (χ1) is 8.88. The van der Waals surface area contributed by atoms with Crippen molar-refractivity contribution in [2.45, 2.75) is 44.2 Å². The van der Waals surface area contributed by atoms with Crippen LogP contribution in [0.3, 0.4) is 0 Å². The second-order valence-corrected chi connectivity index (χ2v) is 5.54. The molecule has 2 saturated carbocycles. The van der Waals surface area contributed by atoms with E-state index in [1.54, 1.807) is 0 Å². The third-order valence-corrected chi connectivity index (χ3v) is 3.88. The molecule has 0 spiro atoms. The maximum atomic E-state index is 11.8. The summed E-state index contributed by atoms with van der Waals surface area (Å²) in [7, 11) is 0. The maximum absolute atomic E-state index is 11.8. The molecule has 2 aliphatic rings. The van der Waals surface area contributed by atoms with E-state index in [1.165, 1.54) is 0 Å². The van der Waals surface area contributed by atoms with Gasteiger partial charge in [0.05, 0.1) is 11.8 Å². The van der Waals surface area contributed by atoms with Gasteiger partial charge in [-0.05, 0) is 6.42 Å². The highest BCUT2D eigenvalue weighted by Gasteiger charge is 2.41. The van der Waals surface area contributed by atoms with Gasteiger partial charge >= 0.3 is 0 Å². The average molecular weight is 266 g/mol. The van der Waals surface area contributed by atoms with Crippen molar-refractivity contribution in [1.82, 2.24) is 0 Å². The third-order valence-electron chi connectivity index (χ3n) is 3.88. The van der Waals surface area contributed by atoms with E-state index >= 15 is 0 Å². The molecule has 2 aliphatic carbocycles. The van der Waals surface area contributed by atoms with E-state index in [1.807, 2.05) is 0 Å². The summed E-state index contributed by atoms with van der Waals surface area (Å²) in [5, 5.41) is 0. The molecule has 0 atom stereocenters. The molecule has 0 unspecified atom stereocenters. The van der Waals surface area contributed by atoms with Gasteiger partial charge in [0.1, 0.15) is 23.1 Å². The first-order valence-electron chi connectivity index (χ1n) is 6.50. The zero-order valence-electron chi connectivity index (χ0n) is 10.6. The van der Waals surface area contributed by atoms with E-state index in [0.717, 1.165) is 0 Å². The van der Waals surface area contributed by atoms with Gasteiger partial charge < -0.3 is 11.5 Å². The third kappa shape index (κ3) is 2.96. The van der Waals surface area contributed by atoms with Gasteiger partial charge in [0.25, 0.3) is 0 Å². The molecule has 0 bridgehead atoms. The molecule has 2 fully saturated rings. The van der Waals surface area contributed by atoms with Crippen molar-refractivity contribution in [3.8, 4) is 0 Å². The molecule has 6 heteroatoms. The van der Waals surface area contributed by atoms with Crippen LogP contribution in [0.1, 0.15) is 32.1 Å². The second kappa shape index (κ2) is 5.30. The van der Waals surface area contributed by atoms with Crippen LogP contribution in [0.5, 0.6) is 0 Å². The number of carbonyl (C=O) groups excluding carboxylic acids is 4. The first kappa shape index (κ1) is 14.0. The van der Waals surface area contributed by atoms with E-state index in [4.69, 9.17) is 11.5 Å². The topological polar surface area (TPSA) is 120 Å². The summed E-state index contributed by atoms with van der Waals surface area (Å²) in [5.74, 6) is -2.68. The lowest BCUT2D eigenvalue weighted by atomic mass is 9.73. The summed E-state index contributed by atoms with van der Waals surface area (Å²) in [6.07, 6.45) is 0.584. The van der Waals surface area contributed by atoms with Crippen molar-refractivity contribution >= 4 is 23.1 Å². The van der Waals surface area contributed by atoms with Gasteiger partial charge in [0, 0.05) is 37.8 Å². The van der Waals surface area contributed by atoms with E-state index < -0.39 is 23.9 Å². The number of ketones is 4. The summed E-state index contributed by atoms with van der Waals surface area (Å²) in [5.41, 5.74) is 11.2. The van der Waals surface area contributed by atoms with Gasteiger partial charge in [0.15, 0.2) is 0 Å². The highest BCUT2D eigenvalue weighted by Crippen LogP contribution is 2.28. The van der Waals surface area contributed by atoms with Crippen LogP contribution in [0, 0.1) is 11.8 Å². The minimum absolute atomic E-state index is 0.00870. The number of nitrogens with two attached hydrogens (primary N) is 2. The minimum atomic E-state index is -0.841. The van der Waals surface area contributed by atoms with E-state index in [-0.39, 0.29) is 55.2 Å².